The van der Waals surface area contributed by atoms with Crippen LogP contribution in [0, 0.1) is 11.8 Å². The molecular formula is C13H15NO3. The number of carbonyl (C=O) groups excluding carboxylic acids is 1. The second-order valence-corrected chi connectivity index (χ2v) is 4.57. The van der Waals surface area contributed by atoms with Gasteiger partial charge in [0.2, 0.25) is 0 Å². The molecule has 1 aliphatic heterocycles. The molecule has 0 spiro atoms. The van der Waals surface area contributed by atoms with Crippen molar-refractivity contribution < 1.29 is 14.3 Å². The molecule has 1 N–H and O–H groups in total. The van der Waals surface area contributed by atoms with Gasteiger partial charge in [-0.2, -0.15) is 0 Å². The molecule has 1 saturated carbocycles. The molecule has 2 aliphatic rings. The first-order chi connectivity index (χ1) is 8.34. The second kappa shape index (κ2) is 4.37. The molecule has 1 aliphatic carbocycles. The van der Waals surface area contributed by atoms with E-state index in [0.29, 0.717) is 18.4 Å². The molecule has 90 valence electrons. The summed E-state index contributed by atoms with van der Waals surface area (Å²) in [6, 6.07) is 9.79. The fourth-order valence-electron chi connectivity index (χ4n) is 2.30. The van der Waals surface area contributed by atoms with Gasteiger partial charge in [-0.1, -0.05) is 30.3 Å². The standard InChI is InChI=1S/C13H15NO3/c15-13(14-6-9-4-2-1-3-5-9)17-12-10-7-16-8-11(10)12/h1-5,10-12H,6-8H2,(H,14,15). The Morgan fingerprint density at radius 1 is 1.29 bits per heavy atom. The SMILES string of the molecule is O=C(NCc1ccccc1)OC1C2COCC21. The lowest BCUT2D eigenvalue weighted by Crippen LogP contribution is -2.26. The summed E-state index contributed by atoms with van der Waals surface area (Å²) in [5.41, 5.74) is 1.07. The smallest absolute Gasteiger partial charge is 0.407 e. The van der Waals surface area contributed by atoms with E-state index < -0.39 is 0 Å². The van der Waals surface area contributed by atoms with Gasteiger partial charge < -0.3 is 14.8 Å². The third kappa shape index (κ3) is 2.26. The molecule has 3 rings (SSSR count). The number of amides is 1. The zero-order valence-corrected chi connectivity index (χ0v) is 9.46. The molecule has 4 heteroatoms. The fraction of sp³-hybridized carbons (Fsp3) is 0.462. The van der Waals surface area contributed by atoms with Crippen molar-refractivity contribution in [1.29, 1.82) is 0 Å². The molecule has 2 unspecified atom stereocenters. The summed E-state index contributed by atoms with van der Waals surface area (Å²) in [6.45, 7) is 1.99. The third-order valence-electron chi connectivity index (χ3n) is 3.40. The van der Waals surface area contributed by atoms with Crippen LogP contribution >= 0.6 is 0 Å². The van der Waals surface area contributed by atoms with Crippen LogP contribution in [0.3, 0.4) is 0 Å². The lowest BCUT2D eigenvalue weighted by atomic mass is 10.2. The highest BCUT2D eigenvalue weighted by atomic mass is 16.6. The van der Waals surface area contributed by atoms with Crippen molar-refractivity contribution in [2.24, 2.45) is 11.8 Å². The number of alkyl carbamates (subject to hydrolysis) is 1. The zero-order valence-electron chi connectivity index (χ0n) is 9.46. The number of fused-ring (bicyclic) bond motifs is 1. The molecular weight excluding hydrogens is 218 g/mol. The summed E-state index contributed by atoms with van der Waals surface area (Å²) in [7, 11) is 0. The molecule has 2 atom stereocenters. The highest BCUT2D eigenvalue weighted by molar-refractivity contribution is 5.67. The zero-order chi connectivity index (χ0) is 11.7. The fourth-order valence-corrected chi connectivity index (χ4v) is 2.30. The Kier molecular flexibility index (Phi) is 2.73. The maximum absolute atomic E-state index is 11.5. The average Bonchev–Trinajstić information content (AvgIpc) is 2.79. The van der Waals surface area contributed by atoms with Crippen molar-refractivity contribution in [2.75, 3.05) is 13.2 Å². The van der Waals surface area contributed by atoms with Crippen LogP contribution in [-0.4, -0.2) is 25.4 Å². The molecule has 0 aromatic heterocycles. The van der Waals surface area contributed by atoms with Gasteiger partial charge >= 0.3 is 6.09 Å². The van der Waals surface area contributed by atoms with Gasteiger partial charge in [-0.25, -0.2) is 4.79 Å². The number of benzene rings is 1. The van der Waals surface area contributed by atoms with Crippen molar-refractivity contribution in [3.63, 3.8) is 0 Å². The molecule has 2 fully saturated rings. The maximum atomic E-state index is 11.5. The molecule has 0 radical (unpaired) electrons. The van der Waals surface area contributed by atoms with E-state index in [0.717, 1.165) is 18.8 Å². The predicted octanol–water partition coefficient (Wildman–Crippen LogP) is 1.56. The highest BCUT2D eigenvalue weighted by Gasteiger charge is 2.57. The van der Waals surface area contributed by atoms with Gasteiger partial charge in [-0.15, -0.1) is 0 Å². The Labute approximate surface area is 99.9 Å². The van der Waals surface area contributed by atoms with E-state index >= 15 is 0 Å². The van der Waals surface area contributed by atoms with E-state index in [9.17, 15) is 4.79 Å². The quantitative estimate of drug-likeness (QED) is 0.861. The lowest BCUT2D eigenvalue weighted by Gasteiger charge is -2.08. The summed E-state index contributed by atoms with van der Waals surface area (Å²) in [6.07, 6.45) is -0.243. The van der Waals surface area contributed by atoms with E-state index in [1.54, 1.807) is 0 Å². The number of hydrogen-bond donors (Lipinski definition) is 1. The van der Waals surface area contributed by atoms with Crippen LogP contribution in [0.2, 0.25) is 0 Å². The molecule has 4 nitrogen and oxygen atoms in total. The monoisotopic (exact) mass is 233 g/mol. The first kappa shape index (κ1) is 10.6. The minimum atomic E-state index is -0.326. The normalized spacial score (nSPS) is 29.5. The van der Waals surface area contributed by atoms with Gasteiger partial charge in [0, 0.05) is 18.4 Å². The van der Waals surface area contributed by atoms with Crippen LogP contribution in [0.25, 0.3) is 0 Å². The summed E-state index contributed by atoms with van der Waals surface area (Å²) in [4.78, 5) is 11.5. The van der Waals surface area contributed by atoms with Crippen LogP contribution in [0.5, 0.6) is 0 Å². The Bertz CT molecular complexity index is 396. The van der Waals surface area contributed by atoms with E-state index in [-0.39, 0.29) is 12.2 Å². The van der Waals surface area contributed by atoms with Crippen molar-refractivity contribution in [3.8, 4) is 0 Å². The topological polar surface area (TPSA) is 47.6 Å². The van der Waals surface area contributed by atoms with Gasteiger partial charge in [-0.05, 0) is 5.56 Å². The van der Waals surface area contributed by atoms with Gasteiger partial charge in [0.1, 0.15) is 6.10 Å². The largest absolute Gasteiger partial charge is 0.445 e. The van der Waals surface area contributed by atoms with Crippen molar-refractivity contribution in [2.45, 2.75) is 12.6 Å². The first-order valence-corrected chi connectivity index (χ1v) is 5.91. The minimum absolute atomic E-state index is 0.0829. The van der Waals surface area contributed by atoms with Crippen LogP contribution in [0.15, 0.2) is 30.3 Å². The molecule has 1 saturated heterocycles. The number of hydrogen-bond acceptors (Lipinski definition) is 3. The molecule has 1 heterocycles. The first-order valence-electron chi connectivity index (χ1n) is 5.91. The van der Waals surface area contributed by atoms with Gasteiger partial charge in [0.25, 0.3) is 0 Å². The molecule has 1 aromatic rings. The summed E-state index contributed by atoms with van der Waals surface area (Å²) >= 11 is 0. The van der Waals surface area contributed by atoms with Crippen molar-refractivity contribution >= 4 is 6.09 Å². The van der Waals surface area contributed by atoms with Crippen LogP contribution < -0.4 is 5.32 Å². The van der Waals surface area contributed by atoms with Gasteiger partial charge in [-0.3, -0.25) is 0 Å². The minimum Gasteiger partial charge on any atom is -0.445 e. The predicted molar refractivity (Wildman–Crippen MR) is 61.3 cm³/mol. The Balaban J connectivity index is 1.42. The van der Waals surface area contributed by atoms with Gasteiger partial charge in [0.05, 0.1) is 13.2 Å². The van der Waals surface area contributed by atoms with Gasteiger partial charge in [0.15, 0.2) is 0 Å². The number of nitrogens with one attached hydrogen (secondary N) is 1. The number of ether oxygens (including phenoxy) is 2. The molecule has 1 aromatic carbocycles. The summed E-state index contributed by atoms with van der Waals surface area (Å²) < 4.78 is 10.6. The number of rotatable bonds is 3. The van der Waals surface area contributed by atoms with Crippen LogP contribution in [-0.2, 0) is 16.0 Å². The third-order valence-corrected chi connectivity index (χ3v) is 3.40. The maximum Gasteiger partial charge on any atom is 0.407 e. The molecule has 17 heavy (non-hydrogen) atoms. The summed E-state index contributed by atoms with van der Waals surface area (Å²) in [5, 5.41) is 2.76. The van der Waals surface area contributed by atoms with Crippen LogP contribution in [0.1, 0.15) is 5.56 Å². The van der Waals surface area contributed by atoms with Crippen molar-refractivity contribution in [1.82, 2.24) is 5.32 Å². The molecule has 0 bridgehead atoms. The van der Waals surface area contributed by atoms with E-state index in [1.807, 2.05) is 30.3 Å². The Morgan fingerprint density at radius 2 is 2.00 bits per heavy atom. The van der Waals surface area contributed by atoms with E-state index in [2.05, 4.69) is 5.32 Å². The number of carbonyl (C=O) groups is 1. The second-order valence-electron chi connectivity index (χ2n) is 4.57. The van der Waals surface area contributed by atoms with Crippen molar-refractivity contribution in [3.05, 3.63) is 35.9 Å². The molecule has 1 amide bonds. The lowest BCUT2D eigenvalue weighted by molar-refractivity contribution is 0.0824. The average molecular weight is 233 g/mol. The summed E-state index contributed by atoms with van der Waals surface area (Å²) in [5.74, 6) is 0.884. The van der Waals surface area contributed by atoms with E-state index in [4.69, 9.17) is 9.47 Å². The van der Waals surface area contributed by atoms with Crippen LogP contribution in [0.4, 0.5) is 4.79 Å². The Morgan fingerprint density at radius 3 is 2.71 bits per heavy atom. The van der Waals surface area contributed by atoms with E-state index in [1.165, 1.54) is 0 Å². The Hall–Kier alpha value is -1.55. The highest BCUT2D eigenvalue weighted by Crippen LogP contribution is 2.46.